The van der Waals surface area contributed by atoms with Gasteiger partial charge in [-0.3, -0.25) is 0 Å². The summed E-state index contributed by atoms with van der Waals surface area (Å²) in [6.07, 6.45) is 0.524. The van der Waals surface area contributed by atoms with Gasteiger partial charge in [-0.2, -0.15) is 0 Å². The van der Waals surface area contributed by atoms with E-state index in [0.29, 0.717) is 12.3 Å². The van der Waals surface area contributed by atoms with Gasteiger partial charge in [0.1, 0.15) is 0 Å². The number of aryl methyl sites for hydroxylation is 1. The molecule has 0 N–H and O–H groups in total. The average Bonchev–Trinajstić information content (AvgIpc) is 2.18. The topological polar surface area (TPSA) is 34.1 Å². The Balaban J connectivity index is 2.74. The number of hydrogen-bond donors (Lipinski definition) is 0. The molecule has 0 unspecified atom stereocenters. The third-order valence-corrected chi connectivity index (χ3v) is 4.15. The molecule has 1 aromatic carbocycles. The van der Waals surface area contributed by atoms with Crippen LogP contribution in [0.1, 0.15) is 17.5 Å². The second kappa shape index (κ2) is 5.52. The minimum Gasteiger partial charge on any atom is -0.228 e. The molecule has 0 aliphatic carbocycles. The first-order valence-electron chi connectivity index (χ1n) is 4.86. The molecule has 4 heteroatoms. The molecule has 0 aliphatic rings. The molecule has 15 heavy (non-hydrogen) atoms. The third-order valence-electron chi connectivity index (χ3n) is 2.23. The third kappa shape index (κ3) is 4.22. The van der Waals surface area contributed by atoms with Gasteiger partial charge in [0.25, 0.3) is 0 Å². The Hall–Kier alpha value is -0.540. The molecule has 84 valence electrons. The molecule has 0 amide bonds. The van der Waals surface area contributed by atoms with Crippen molar-refractivity contribution in [3.05, 3.63) is 35.4 Å². The van der Waals surface area contributed by atoms with Gasteiger partial charge in [0, 0.05) is 5.88 Å². The van der Waals surface area contributed by atoms with E-state index in [1.54, 1.807) is 0 Å². The molecule has 0 bridgehead atoms. The quantitative estimate of drug-likeness (QED) is 0.749. The van der Waals surface area contributed by atoms with Crippen LogP contribution in [0.3, 0.4) is 0 Å². The Morgan fingerprint density at radius 3 is 2.53 bits per heavy atom. The minimum absolute atomic E-state index is 0.122. The molecule has 0 fully saturated rings. The lowest BCUT2D eigenvalue weighted by Crippen LogP contribution is -2.10. The summed E-state index contributed by atoms with van der Waals surface area (Å²) in [6.45, 7) is 1.92. The van der Waals surface area contributed by atoms with Crippen LogP contribution >= 0.6 is 11.6 Å². The first-order valence-corrected chi connectivity index (χ1v) is 7.21. The highest BCUT2D eigenvalue weighted by Gasteiger charge is 2.12. The fourth-order valence-electron chi connectivity index (χ4n) is 1.36. The van der Waals surface area contributed by atoms with Gasteiger partial charge in [-0.25, -0.2) is 8.42 Å². The second-order valence-electron chi connectivity index (χ2n) is 3.56. The molecular weight excluding hydrogens is 232 g/mol. The predicted molar refractivity (Wildman–Crippen MR) is 64.0 cm³/mol. The van der Waals surface area contributed by atoms with Crippen molar-refractivity contribution in [3.8, 4) is 0 Å². The van der Waals surface area contributed by atoms with Crippen molar-refractivity contribution in [1.82, 2.24) is 0 Å². The number of sulfone groups is 1. The molecule has 0 aliphatic heterocycles. The molecule has 0 radical (unpaired) electrons. The molecule has 0 heterocycles. The maximum atomic E-state index is 11.7. The zero-order valence-corrected chi connectivity index (χ0v) is 10.3. The van der Waals surface area contributed by atoms with E-state index in [-0.39, 0.29) is 11.5 Å². The molecule has 0 atom stereocenters. The van der Waals surface area contributed by atoms with Gasteiger partial charge < -0.3 is 0 Å². The van der Waals surface area contributed by atoms with Gasteiger partial charge >= 0.3 is 0 Å². The van der Waals surface area contributed by atoms with Crippen LogP contribution < -0.4 is 0 Å². The van der Waals surface area contributed by atoms with E-state index in [9.17, 15) is 8.42 Å². The van der Waals surface area contributed by atoms with Gasteiger partial charge in [0.15, 0.2) is 9.84 Å². The van der Waals surface area contributed by atoms with Crippen molar-refractivity contribution in [2.75, 3.05) is 11.6 Å². The van der Waals surface area contributed by atoms with Gasteiger partial charge in [-0.15, -0.1) is 11.6 Å². The lowest BCUT2D eigenvalue weighted by Gasteiger charge is -2.06. The van der Waals surface area contributed by atoms with E-state index in [4.69, 9.17) is 11.6 Å². The number of rotatable bonds is 5. The van der Waals surface area contributed by atoms with Crippen LogP contribution in [0.4, 0.5) is 0 Å². The van der Waals surface area contributed by atoms with Crippen molar-refractivity contribution in [2.24, 2.45) is 0 Å². The average molecular weight is 247 g/mol. The maximum absolute atomic E-state index is 11.7. The molecular formula is C11H15ClO2S. The van der Waals surface area contributed by atoms with E-state index in [2.05, 4.69) is 0 Å². The largest absolute Gasteiger partial charge is 0.228 e. The van der Waals surface area contributed by atoms with Gasteiger partial charge in [-0.05, 0) is 24.5 Å². The van der Waals surface area contributed by atoms with Gasteiger partial charge in [0.2, 0.25) is 0 Å². The summed E-state index contributed by atoms with van der Waals surface area (Å²) in [5.74, 6) is 0.689. The number of alkyl halides is 1. The fraction of sp³-hybridized carbons (Fsp3) is 0.455. The lowest BCUT2D eigenvalue weighted by molar-refractivity contribution is 0.594. The Morgan fingerprint density at radius 1 is 1.27 bits per heavy atom. The highest BCUT2D eigenvalue weighted by Crippen LogP contribution is 2.12. The molecule has 0 saturated heterocycles. The van der Waals surface area contributed by atoms with Crippen LogP contribution in [-0.2, 0) is 15.6 Å². The van der Waals surface area contributed by atoms with Crippen molar-refractivity contribution in [3.63, 3.8) is 0 Å². The molecule has 1 rings (SSSR count). The summed E-state index contributed by atoms with van der Waals surface area (Å²) in [4.78, 5) is 0. The van der Waals surface area contributed by atoms with E-state index in [0.717, 1.165) is 11.1 Å². The smallest absolute Gasteiger partial charge is 0.154 e. The van der Waals surface area contributed by atoms with Gasteiger partial charge in [-0.1, -0.05) is 24.3 Å². The molecule has 0 aromatic heterocycles. The summed E-state index contributed by atoms with van der Waals surface area (Å²) in [5.41, 5.74) is 1.90. The normalized spacial score (nSPS) is 11.6. The lowest BCUT2D eigenvalue weighted by atomic mass is 10.1. The van der Waals surface area contributed by atoms with E-state index in [1.807, 2.05) is 31.2 Å². The SMILES string of the molecule is Cc1ccccc1CS(=O)(=O)CCCCl. The maximum Gasteiger partial charge on any atom is 0.154 e. The van der Waals surface area contributed by atoms with E-state index in [1.165, 1.54) is 0 Å². The zero-order chi connectivity index (χ0) is 11.3. The van der Waals surface area contributed by atoms with Crippen LogP contribution in [0, 0.1) is 6.92 Å². The van der Waals surface area contributed by atoms with Gasteiger partial charge in [0.05, 0.1) is 11.5 Å². The number of halogens is 1. The van der Waals surface area contributed by atoms with Crippen LogP contribution in [0.5, 0.6) is 0 Å². The monoisotopic (exact) mass is 246 g/mol. The number of hydrogen-bond acceptors (Lipinski definition) is 2. The summed E-state index contributed by atoms with van der Waals surface area (Å²) in [6, 6.07) is 7.55. The van der Waals surface area contributed by atoms with Crippen molar-refractivity contribution in [1.29, 1.82) is 0 Å². The Kier molecular flexibility index (Phi) is 4.61. The van der Waals surface area contributed by atoms with Crippen molar-refractivity contribution >= 4 is 21.4 Å². The zero-order valence-electron chi connectivity index (χ0n) is 8.74. The van der Waals surface area contributed by atoms with Crippen molar-refractivity contribution in [2.45, 2.75) is 19.1 Å². The molecule has 0 spiro atoms. The summed E-state index contributed by atoms with van der Waals surface area (Å²) in [5, 5.41) is 0. The first kappa shape index (κ1) is 12.5. The summed E-state index contributed by atoms with van der Waals surface area (Å²) >= 11 is 5.48. The molecule has 2 nitrogen and oxygen atoms in total. The Morgan fingerprint density at radius 2 is 1.93 bits per heavy atom. The fourth-order valence-corrected chi connectivity index (χ4v) is 3.17. The highest BCUT2D eigenvalue weighted by atomic mass is 35.5. The van der Waals surface area contributed by atoms with Crippen LogP contribution in [0.2, 0.25) is 0 Å². The predicted octanol–water partition coefficient (Wildman–Crippen LogP) is 2.54. The Bertz CT molecular complexity index is 412. The van der Waals surface area contributed by atoms with Crippen LogP contribution in [-0.4, -0.2) is 20.1 Å². The standard InChI is InChI=1S/C11H15ClO2S/c1-10-5-2-3-6-11(10)9-15(13,14)8-4-7-12/h2-3,5-6H,4,7-9H2,1H3. The van der Waals surface area contributed by atoms with Crippen LogP contribution in [0.25, 0.3) is 0 Å². The molecule has 0 saturated carbocycles. The minimum atomic E-state index is -3.00. The molecule has 1 aromatic rings. The van der Waals surface area contributed by atoms with E-state index < -0.39 is 9.84 Å². The van der Waals surface area contributed by atoms with Crippen LogP contribution in [0.15, 0.2) is 24.3 Å². The Labute approximate surface area is 96.2 Å². The second-order valence-corrected chi connectivity index (χ2v) is 6.12. The first-order chi connectivity index (χ1) is 7.05. The highest BCUT2D eigenvalue weighted by molar-refractivity contribution is 7.90. The van der Waals surface area contributed by atoms with Crippen molar-refractivity contribution < 1.29 is 8.42 Å². The summed E-state index contributed by atoms with van der Waals surface area (Å²) in [7, 11) is -3.00. The number of benzene rings is 1. The van der Waals surface area contributed by atoms with E-state index >= 15 is 0 Å². The summed E-state index contributed by atoms with van der Waals surface area (Å²) < 4.78 is 23.3.